The van der Waals surface area contributed by atoms with Crippen molar-refractivity contribution >= 4 is 49.6 Å². The van der Waals surface area contributed by atoms with Crippen LogP contribution in [0.15, 0.2) is 200 Å². The highest BCUT2D eigenvalue weighted by Crippen LogP contribution is 2.43. The Balaban J connectivity index is 1.16. The lowest BCUT2D eigenvalue weighted by molar-refractivity contribution is 0.0473. The predicted molar refractivity (Wildman–Crippen MR) is 341 cm³/mol. The number of hydrogen-bond acceptors (Lipinski definition) is 5. The molecule has 3 heterocycles. The molecule has 0 radical (unpaired) electrons. The first-order valence-corrected chi connectivity index (χ1v) is 28.6. The number of ether oxygens (including phenoxy) is 1. The summed E-state index contributed by atoms with van der Waals surface area (Å²) in [4.78, 5) is 30.8. The van der Waals surface area contributed by atoms with Crippen LogP contribution in [0.2, 0.25) is 0 Å². The van der Waals surface area contributed by atoms with Crippen LogP contribution in [0.4, 0.5) is 0 Å². The number of aromatic nitrogens is 5. The summed E-state index contributed by atoms with van der Waals surface area (Å²) < 4.78 is 10.6. The molecule has 0 fully saturated rings. The van der Waals surface area contributed by atoms with Crippen molar-refractivity contribution in [3.8, 4) is 56.7 Å². The number of carbonyl (C=O) groups is 1. The van der Waals surface area contributed by atoms with Crippen molar-refractivity contribution in [2.24, 2.45) is 0 Å². The van der Waals surface area contributed by atoms with Crippen molar-refractivity contribution < 1.29 is 9.53 Å². The van der Waals surface area contributed by atoms with Gasteiger partial charge in [0.25, 0.3) is 0 Å². The fourth-order valence-corrected chi connectivity index (χ4v) is 11.3. The Hall–Kier alpha value is -8.94. The van der Waals surface area contributed by atoms with E-state index in [0.29, 0.717) is 23.0 Å². The van der Waals surface area contributed by atoms with E-state index in [0.717, 1.165) is 77.6 Å². The van der Waals surface area contributed by atoms with Gasteiger partial charge in [-0.3, -0.25) is 0 Å². The summed E-state index contributed by atoms with van der Waals surface area (Å²) in [5, 5.41) is 4.32. The lowest BCUT2D eigenvalue weighted by atomic mass is 9.79. The zero-order valence-corrected chi connectivity index (χ0v) is 49.3. The van der Waals surface area contributed by atoms with Gasteiger partial charge in [-0.15, -0.1) is 0 Å². The van der Waals surface area contributed by atoms with E-state index in [9.17, 15) is 4.79 Å². The zero-order chi connectivity index (χ0) is 57.5. The van der Waals surface area contributed by atoms with Gasteiger partial charge in [0.2, 0.25) is 0 Å². The number of hydrogen-bond donors (Lipinski definition) is 0. The molecule has 9 aromatic carbocycles. The summed E-state index contributed by atoms with van der Waals surface area (Å²) in [6.45, 7) is 27.4. The maximum absolute atomic E-state index is 13.9. The molecule has 408 valence electrons. The van der Waals surface area contributed by atoms with E-state index in [1.165, 1.54) is 33.0 Å². The number of esters is 1. The Labute approximate surface area is 482 Å². The summed E-state index contributed by atoms with van der Waals surface area (Å²) >= 11 is 0. The summed E-state index contributed by atoms with van der Waals surface area (Å²) in [6.07, 6.45) is 0. The van der Waals surface area contributed by atoms with Crippen LogP contribution in [-0.2, 0) is 33.0 Å². The highest BCUT2D eigenvalue weighted by Gasteiger charge is 2.28. The molecule has 0 aliphatic rings. The Kier molecular flexibility index (Phi) is 13.3. The molecule has 0 spiro atoms. The van der Waals surface area contributed by atoms with Gasteiger partial charge in [0.15, 0.2) is 17.5 Å². The lowest BCUT2D eigenvalue weighted by Crippen LogP contribution is -2.17. The Morgan fingerprint density at radius 2 is 0.780 bits per heavy atom. The van der Waals surface area contributed by atoms with Crippen molar-refractivity contribution in [3.63, 3.8) is 0 Å². The number of carbonyl (C=O) groups excluding carboxylic acids is 1. The lowest BCUT2D eigenvalue weighted by Gasteiger charge is -2.26. The largest absolute Gasteiger partial charge is 0.457 e. The topological polar surface area (TPSA) is 74.8 Å². The molecule has 0 atom stereocenters. The minimum atomic E-state index is -0.380. The second-order valence-electron chi connectivity index (χ2n) is 26.2. The molecule has 12 aromatic rings. The molecule has 0 amide bonds. The molecule has 12 rings (SSSR count). The van der Waals surface area contributed by atoms with E-state index in [4.69, 9.17) is 19.7 Å². The summed E-state index contributed by atoms with van der Waals surface area (Å²) in [6, 6.07) is 70.7. The van der Waals surface area contributed by atoms with Gasteiger partial charge in [-0.05, 0) is 134 Å². The molecule has 0 saturated heterocycles. The van der Waals surface area contributed by atoms with Crippen LogP contribution in [0.5, 0.6) is 0 Å². The number of para-hydroxylation sites is 4. The minimum Gasteiger partial charge on any atom is -0.457 e. The smallest absolute Gasteiger partial charge is 0.338 e. The Morgan fingerprint density at radius 1 is 0.366 bits per heavy atom. The Morgan fingerprint density at radius 3 is 1.28 bits per heavy atom. The third kappa shape index (κ3) is 10.1. The van der Waals surface area contributed by atoms with Gasteiger partial charge >= 0.3 is 5.97 Å². The summed E-state index contributed by atoms with van der Waals surface area (Å²) in [5.41, 5.74) is 16.5. The van der Waals surface area contributed by atoms with Crippen LogP contribution in [0.3, 0.4) is 0 Å². The molecule has 7 nitrogen and oxygen atoms in total. The van der Waals surface area contributed by atoms with Gasteiger partial charge in [0, 0.05) is 43.8 Å². The first-order chi connectivity index (χ1) is 39.1. The molecule has 3 aromatic heterocycles. The molecular formula is C75H71N5O2. The average molecular weight is 1070 g/mol. The first-order valence-electron chi connectivity index (χ1n) is 28.6. The standard InChI is InChI=1S/C75H71N5O2/c1-72(2,3)52-38-50(39-53(44-52)73(4,5)6)68-76-69(51-40-54(74(7,8)9)45-55(41-51)75(10,11)12)78-70(77-68)61-42-48(56-26-16-20-30-62(56)79-63-31-21-17-27-57(63)58-28-18-22-32-64(58)79)34-36-67(61)80-65-33-23-19-29-59(65)60-43-49(35-37-66(60)80)71(81)82-46-47-24-14-13-15-25-47/h13-45H,46H2,1-12H3. The Bertz CT molecular complexity index is 4240. The van der Waals surface area contributed by atoms with E-state index in [2.05, 4.69) is 244 Å². The van der Waals surface area contributed by atoms with Gasteiger partial charge in [-0.1, -0.05) is 204 Å². The van der Waals surface area contributed by atoms with Crippen LogP contribution >= 0.6 is 0 Å². The second kappa shape index (κ2) is 20.2. The van der Waals surface area contributed by atoms with Crippen molar-refractivity contribution in [2.75, 3.05) is 0 Å². The van der Waals surface area contributed by atoms with Gasteiger partial charge in [-0.2, -0.15) is 0 Å². The van der Waals surface area contributed by atoms with Crippen molar-refractivity contribution in [3.05, 3.63) is 234 Å². The number of fused-ring (bicyclic) bond motifs is 6. The third-order valence-electron chi connectivity index (χ3n) is 16.1. The van der Waals surface area contributed by atoms with Crippen LogP contribution < -0.4 is 0 Å². The van der Waals surface area contributed by atoms with Crippen molar-refractivity contribution in [1.29, 1.82) is 0 Å². The molecule has 0 saturated carbocycles. The molecule has 0 aliphatic carbocycles. The van der Waals surface area contributed by atoms with Crippen LogP contribution in [-0.4, -0.2) is 30.1 Å². The normalized spacial score (nSPS) is 12.5. The average Bonchev–Trinajstić information content (AvgIpc) is 2.10. The molecular weight excluding hydrogens is 1000 g/mol. The molecule has 7 heteroatoms. The predicted octanol–water partition coefficient (Wildman–Crippen LogP) is 19.3. The van der Waals surface area contributed by atoms with Crippen LogP contribution in [0.1, 0.15) is 121 Å². The number of rotatable bonds is 9. The van der Waals surface area contributed by atoms with Crippen LogP contribution in [0, 0.1) is 0 Å². The van der Waals surface area contributed by atoms with Gasteiger partial charge in [0.05, 0.1) is 39.0 Å². The third-order valence-corrected chi connectivity index (χ3v) is 16.1. The molecule has 82 heavy (non-hydrogen) atoms. The molecule has 0 unspecified atom stereocenters. The zero-order valence-electron chi connectivity index (χ0n) is 49.3. The number of nitrogens with zero attached hydrogens (tertiary/aromatic N) is 5. The fourth-order valence-electron chi connectivity index (χ4n) is 11.3. The first kappa shape index (κ1) is 53.7. The quantitative estimate of drug-likeness (QED) is 0.135. The minimum absolute atomic E-state index is 0.155. The van der Waals surface area contributed by atoms with E-state index < -0.39 is 0 Å². The summed E-state index contributed by atoms with van der Waals surface area (Å²) in [7, 11) is 0. The second-order valence-corrected chi connectivity index (χ2v) is 26.2. The fraction of sp³-hybridized carbons (Fsp3) is 0.227. The van der Waals surface area contributed by atoms with E-state index in [-0.39, 0.29) is 34.2 Å². The van der Waals surface area contributed by atoms with Crippen molar-refractivity contribution in [1.82, 2.24) is 24.1 Å². The van der Waals surface area contributed by atoms with Gasteiger partial charge < -0.3 is 13.9 Å². The van der Waals surface area contributed by atoms with Gasteiger partial charge in [0.1, 0.15) is 6.61 Å². The monoisotopic (exact) mass is 1070 g/mol. The van der Waals surface area contributed by atoms with Crippen LogP contribution in [0.25, 0.3) is 100 Å². The maximum atomic E-state index is 13.9. The highest BCUT2D eigenvalue weighted by molar-refractivity contribution is 6.12. The molecule has 0 bridgehead atoms. The summed E-state index contributed by atoms with van der Waals surface area (Å²) in [5.74, 6) is 1.35. The highest BCUT2D eigenvalue weighted by atomic mass is 16.5. The van der Waals surface area contributed by atoms with Gasteiger partial charge in [-0.25, -0.2) is 19.7 Å². The van der Waals surface area contributed by atoms with E-state index in [1.54, 1.807) is 0 Å². The SMILES string of the molecule is CC(C)(C)c1cc(-c2nc(-c3cc(C(C)(C)C)cc(C(C)(C)C)c3)nc(-c3cc(-c4ccccc4-n4c5ccccc5c5ccccc54)ccc3-n3c4ccccc4c4cc(C(=O)OCc5ccccc5)ccc43)n2)cc(C(C)(C)C)c1. The molecule has 0 aliphatic heterocycles. The maximum Gasteiger partial charge on any atom is 0.338 e. The van der Waals surface area contributed by atoms with Crippen molar-refractivity contribution in [2.45, 2.75) is 111 Å². The van der Waals surface area contributed by atoms with E-state index >= 15 is 0 Å². The van der Waals surface area contributed by atoms with E-state index in [1.807, 2.05) is 48.5 Å². The number of benzene rings is 9. The molecule has 0 N–H and O–H groups in total.